The maximum atomic E-state index is 11.6. The molecule has 3 N–H and O–H groups in total. The van der Waals surface area contributed by atoms with Gasteiger partial charge in [-0.3, -0.25) is 4.79 Å². The average molecular weight is 287 g/mol. The molecule has 0 bridgehead atoms. The summed E-state index contributed by atoms with van der Waals surface area (Å²) in [5.74, 6) is 0.695. The lowest BCUT2D eigenvalue weighted by molar-refractivity contribution is 0.530. The summed E-state index contributed by atoms with van der Waals surface area (Å²) in [6.07, 6.45) is 1.09. The Labute approximate surface area is 126 Å². The SMILES string of the molecule is CC(C)CNCCCNCc1cc(=O)[nH]c2ccccc12. The molecule has 0 fully saturated rings. The van der Waals surface area contributed by atoms with E-state index in [9.17, 15) is 4.79 Å². The molecular weight excluding hydrogens is 262 g/mol. The molecule has 1 aromatic carbocycles. The minimum absolute atomic E-state index is 0.0379. The average Bonchev–Trinajstić information content (AvgIpc) is 2.45. The molecule has 0 amide bonds. The fraction of sp³-hybridized carbons (Fsp3) is 0.471. The highest BCUT2D eigenvalue weighted by Gasteiger charge is 2.02. The normalized spacial score (nSPS) is 11.4. The zero-order chi connectivity index (χ0) is 15.1. The van der Waals surface area contributed by atoms with E-state index in [0.29, 0.717) is 5.92 Å². The van der Waals surface area contributed by atoms with Crippen LogP contribution in [0, 0.1) is 5.92 Å². The monoisotopic (exact) mass is 287 g/mol. The predicted molar refractivity (Wildman–Crippen MR) is 88.6 cm³/mol. The van der Waals surface area contributed by atoms with Gasteiger partial charge in [0.25, 0.3) is 0 Å². The molecule has 4 nitrogen and oxygen atoms in total. The van der Waals surface area contributed by atoms with Crippen LogP contribution in [0.1, 0.15) is 25.8 Å². The number of aromatic amines is 1. The first-order valence-electron chi connectivity index (χ1n) is 7.69. The van der Waals surface area contributed by atoms with E-state index in [1.165, 1.54) is 0 Å². The van der Waals surface area contributed by atoms with Crippen LogP contribution in [0.2, 0.25) is 0 Å². The van der Waals surface area contributed by atoms with Gasteiger partial charge in [0.05, 0.1) is 0 Å². The van der Waals surface area contributed by atoms with E-state index in [4.69, 9.17) is 0 Å². The predicted octanol–water partition coefficient (Wildman–Crippen LogP) is 2.25. The maximum absolute atomic E-state index is 11.6. The highest BCUT2D eigenvalue weighted by atomic mass is 16.1. The van der Waals surface area contributed by atoms with Crippen LogP contribution >= 0.6 is 0 Å². The molecule has 0 aliphatic carbocycles. The molecule has 4 heteroatoms. The molecule has 0 unspecified atom stereocenters. The summed E-state index contributed by atoms with van der Waals surface area (Å²) >= 11 is 0. The van der Waals surface area contributed by atoms with Crippen LogP contribution in [0.25, 0.3) is 10.9 Å². The Balaban J connectivity index is 1.82. The molecule has 2 rings (SSSR count). The Bertz CT molecular complexity index is 619. The van der Waals surface area contributed by atoms with E-state index < -0.39 is 0 Å². The first-order valence-corrected chi connectivity index (χ1v) is 7.69. The Morgan fingerprint density at radius 1 is 1.14 bits per heavy atom. The van der Waals surface area contributed by atoms with Gasteiger partial charge in [-0.25, -0.2) is 0 Å². The van der Waals surface area contributed by atoms with Gasteiger partial charge < -0.3 is 15.6 Å². The number of H-pyrrole nitrogens is 1. The molecule has 114 valence electrons. The highest BCUT2D eigenvalue weighted by molar-refractivity contribution is 5.81. The van der Waals surface area contributed by atoms with Crippen molar-refractivity contribution in [2.75, 3.05) is 19.6 Å². The quantitative estimate of drug-likeness (QED) is 0.653. The van der Waals surface area contributed by atoms with Crippen molar-refractivity contribution in [3.63, 3.8) is 0 Å². The second-order valence-corrected chi connectivity index (χ2v) is 5.83. The standard InChI is InChI=1S/C17H25N3O/c1-13(2)11-18-8-5-9-19-12-14-10-17(21)20-16-7-4-3-6-15(14)16/h3-4,6-7,10,13,18-19H,5,8-9,11-12H2,1-2H3,(H,20,21). The highest BCUT2D eigenvalue weighted by Crippen LogP contribution is 2.13. The van der Waals surface area contributed by atoms with E-state index in [1.54, 1.807) is 6.07 Å². The molecule has 0 radical (unpaired) electrons. The van der Waals surface area contributed by atoms with E-state index in [0.717, 1.165) is 49.1 Å². The van der Waals surface area contributed by atoms with Gasteiger partial charge in [-0.05, 0) is 43.6 Å². The summed E-state index contributed by atoms with van der Waals surface area (Å²) in [6.45, 7) is 8.20. The van der Waals surface area contributed by atoms with Crippen molar-refractivity contribution in [2.45, 2.75) is 26.8 Å². The Kier molecular flexibility index (Phi) is 5.96. The summed E-state index contributed by atoms with van der Waals surface area (Å²) < 4.78 is 0. The number of benzene rings is 1. The number of fused-ring (bicyclic) bond motifs is 1. The number of para-hydroxylation sites is 1. The molecule has 21 heavy (non-hydrogen) atoms. The first kappa shape index (κ1) is 15.7. The van der Waals surface area contributed by atoms with Crippen molar-refractivity contribution in [1.82, 2.24) is 15.6 Å². The zero-order valence-corrected chi connectivity index (χ0v) is 12.9. The lowest BCUT2D eigenvalue weighted by atomic mass is 10.1. The van der Waals surface area contributed by atoms with Crippen molar-refractivity contribution < 1.29 is 0 Å². The van der Waals surface area contributed by atoms with Crippen LogP contribution in [0.4, 0.5) is 0 Å². The molecule has 0 aliphatic rings. The van der Waals surface area contributed by atoms with E-state index >= 15 is 0 Å². The fourth-order valence-corrected chi connectivity index (χ4v) is 2.38. The number of hydrogen-bond acceptors (Lipinski definition) is 3. The van der Waals surface area contributed by atoms with Crippen LogP contribution in [0.5, 0.6) is 0 Å². The largest absolute Gasteiger partial charge is 0.322 e. The molecule has 0 spiro atoms. The third-order valence-corrected chi connectivity index (χ3v) is 3.41. The number of nitrogens with one attached hydrogen (secondary N) is 3. The van der Waals surface area contributed by atoms with Crippen molar-refractivity contribution in [1.29, 1.82) is 0 Å². The topological polar surface area (TPSA) is 56.9 Å². The molecule has 0 saturated carbocycles. The van der Waals surface area contributed by atoms with E-state index in [1.807, 2.05) is 24.3 Å². The van der Waals surface area contributed by atoms with Crippen LogP contribution in [-0.4, -0.2) is 24.6 Å². The second-order valence-electron chi connectivity index (χ2n) is 5.83. The summed E-state index contributed by atoms with van der Waals surface area (Å²) in [7, 11) is 0. The number of aromatic nitrogens is 1. The van der Waals surface area contributed by atoms with Gasteiger partial charge in [-0.1, -0.05) is 32.0 Å². The van der Waals surface area contributed by atoms with Gasteiger partial charge >= 0.3 is 0 Å². The van der Waals surface area contributed by atoms with Crippen LogP contribution in [-0.2, 0) is 6.54 Å². The van der Waals surface area contributed by atoms with Crippen molar-refractivity contribution in [3.05, 3.63) is 46.2 Å². The minimum atomic E-state index is -0.0379. The minimum Gasteiger partial charge on any atom is -0.322 e. The van der Waals surface area contributed by atoms with Gasteiger partial charge in [0.2, 0.25) is 5.56 Å². The van der Waals surface area contributed by atoms with E-state index in [-0.39, 0.29) is 5.56 Å². The molecule has 0 aliphatic heterocycles. The lowest BCUT2D eigenvalue weighted by Crippen LogP contribution is -2.25. The van der Waals surface area contributed by atoms with Crippen LogP contribution < -0.4 is 16.2 Å². The summed E-state index contributed by atoms with van der Waals surface area (Å²) in [6, 6.07) is 9.62. The molecule has 0 saturated heterocycles. The van der Waals surface area contributed by atoms with Gasteiger partial charge in [0.1, 0.15) is 0 Å². The summed E-state index contributed by atoms with van der Waals surface area (Å²) in [5.41, 5.74) is 1.92. The Hall–Kier alpha value is -1.65. The Morgan fingerprint density at radius 2 is 1.90 bits per heavy atom. The zero-order valence-electron chi connectivity index (χ0n) is 12.9. The van der Waals surface area contributed by atoms with Crippen LogP contribution in [0.15, 0.2) is 35.1 Å². The summed E-state index contributed by atoms with van der Waals surface area (Å²) in [5, 5.41) is 7.96. The number of pyridine rings is 1. The maximum Gasteiger partial charge on any atom is 0.248 e. The van der Waals surface area contributed by atoms with Gasteiger partial charge in [0.15, 0.2) is 0 Å². The third-order valence-electron chi connectivity index (χ3n) is 3.41. The third kappa shape index (κ3) is 4.99. The molecule has 1 aromatic heterocycles. The van der Waals surface area contributed by atoms with E-state index in [2.05, 4.69) is 29.5 Å². The van der Waals surface area contributed by atoms with Gasteiger partial charge in [-0.15, -0.1) is 0 Å². The van der Waals surface area contributed by atoms with Crippen molar-refractivity contribution in [2.24, 2.45) is 5.92 Å². The van der Waals surface area contributed by atoms with Crippen LogP contribution in [0.3, 0.4) is 0 Å². The molecule has 2 aromatic rings. The number of rotatable bonds is 8. The number of hydrogen-bond donors (Lipinski definition) is 3. The lowest BCUT2D eigenvalue weighted by Gasteiger charge is -2.09. The van der Waals surface area contributed by atoms with Gasteiger partial charge in [-0.2, -0.15) is 0 Å². The summed E-state index contributed by atoms with van der Waals surface area (Å²) in [4.78, 5) is 14.5. The second kappa shape index (κ2) is 7.96. The fourth-order valence-electron chi connectivity index (χ4n) is 2.38. The van der Waals surface area contributed by atoms with Crippen molar-refractivity contribution >= 4 is 10.9 Å². The van der Waals surface area contributed by atoms with Gasteiger partial charge in [0, 0.05) is 23.5 Å². The smallest absolute Gasteiger partial charge is 0.248 e. The molecule has 1 heterocycles. The molecular formula is C17H25N3O. The first-order chi connectivity index (χ1) is 10.2. The molecule has 0 atom stereocenters. The van der Waals surface area contributed by atoms with Crippen molar-refractivity contribution in [3.8, 4) is 0 Å². The Morgan fingerprint density at radius 3 is 2.71 bits per heavy atom.